The van der Waals surface area contributed by atoms with Gasteiger partial charge in [-0.15, -0.1) is 0 Å². The molecule has 1 aromatic carbocycles. The van der Waals surface area contributed by atoms with Crippen LogP contribution in [0.2, 0.25) is 0 Å². The molecule has 0 aromatic heterocycles. The average molecular weight is 238 g/mol. The van der Waals surface area contributed by atoms with Crippen LogP contribution in [0.1, 0.15) is 6.92 Å². The summed E-state index contributed by atoms with van der Waals surface area (Å²) in [6, 6.07) is 5.93. The molecule has 4 heteroatoms. The van der Waals surface area contributed by atoms with Crippen molar-refractivity contribution in [3.8, 4) is 5.75 Å². The lowest BCUT2D eigenvalue weighted by Gasteiger charge is -2.32. The van der Waals surface area contributed by atoms with Crippen LogP contribution >= 0.6 is 11.8 Å². The van der Waals surface area contributed by atoms with Crippen molar-refractivity contribution in [3.63, 3.8) is 0 Å². The molecule has 88 valence electrons. The summed E-state index contributed by atoms with van der Waals surface area (Å²) in [5, 5.41) is 0.682. The zero-order valence-electron chi connectivity index (χ0n) is 9.77. The fourth-order valence-electron chi connectivity index (χ4n) is 1.96. The summed E-state index contributed by atoms with van der Waals surface area (Å²) in [5.74, 6) is 2.01. The predicted molar refractivity (Wildman–Crippen MR) is 71.5 cm³/mol. The quantitative estimate of drug-likeness (QED) is 0.802. The highest BCUT2D eigenvalue weighted by molar-refractivity contribution is 8.00. The number of benzene rings is 1. The van der Waals surface area contributed by atoms with Gasteiger partial charge in [0.2, 0.25) is 0 Å². The molecular weight excluding hydrogens is 220 g/mol. The summed E-state index contributed by atoms with van der Waals surface area (Å²) in [6.45, 7) is 4.43. The van der Waals surface area contributed by atoms with E-state index in [2.05, 4.69) is 17.9 Å². The molecule has 0 amide bonds. The topological polar surface area (TPSA) is 38.5 Å². The van der Waals surface area contributed by atoms with Crippen molar-refractivity contribution in [2.45, 2.75) is 12.2 Å². The van der Waals surface area contributed by atoms with E-state index >= 15 is 0 Å². The number of anilines is 2. The van der Waals surface area contributed by atoms with Crippen LogP contribution in [0.15, 0.2) is 18.2 Å². The van der Waals surface area contributed by atoms with Crippen molar-refractivity contribution < 1.29 is 4.74 Å². The van der Waals surface area contributed by atoms with Crippen molar-refractivity contribution in [2.75, 3.05) is 36.6 Å². The summed E-state index contributed by atoms with van der Waals surface area (Å²) in [6.07, 6.45) is 0. The van der Waals surface area contributed by atoms with E-state index in [0.29, 0.717) is 5.25 Å². The number of hydrogen-bond donors (Lipinski definition) is 1. The smallest absolute Gasteiger partial charge is 0.122 e. The molecule has 1 unspecified atom stereocenters. The van der Waals surface area contributed by atoms with E-state index in [0.717, 1.165) is 24.5 Å². The number of ether oxygens (including phenoxy) is 1. The molecule has 2 rings (SSSR count). The van der Waals surface area contributed by atoms with E-state index in [1.807, 2.05) is 23.9 Å². The standard InChI is InChI=1S/C12H18N2OS/c1-9-8-14(3-4-16-9)11-5-10(13)6-12(7-11)15-2/h5-7,9H,3-4,8,13H2,1-2H3. The van der Waals surface area contributed by atoms with Crippen molar-refractivity contribution in [1.82, 2.24) is 0 Å². The number of thioether (sulfide) groups is 1. The van der Waals surface area contributed by atoms with Crippen molar-refractivity contribution in [3.05, 3.63) is 18.2 Å². The highest BCUT2D eigenvalue weighted by Crippen LogP contribution is 2.29. The fourth-order valence-corrected chi connectivity index (χ4v) is 2.97. The maximum atomic E-state index is 5.86. The third-order valence-corrected chi connectivity index (χ3v) is 3.89. The first kappa shape index (κ1) is 11.5. The third-order valence-electron chi connectivity index (χ3n) is 2.76. The van der Waals surface area contributed by atoms with Crippen LogP contribution in [0.5, 0.6) is 5.75 Å². The number of methoxy groups -OCH3 is 1. The lowest BCUT2D eigenvalue weighted by molar-refractivity contribution is 0.415. The Kier molecular flexibility index (Phi) is 3.49. The number of nitrogens with zero attached hydrogens (tertiary/aromatic N) is 1. The van der Waals surface area contributed by atoms with Crippen LogP contribution in [0.25, 0.3) is 0 Å². The third kappa shape index (κ3) is 2.55. The monoisotopic (exact) mass is 238 g/mol. The van der Waals surface area contributed by atoms with Crippen molar-refractivity contribution in [2.24, 2.45) is 0 Å². The maximum absolute atomic E-state index is 5.86. The van der Waals surface area contributed by atoms with Gasteiger partial charge in [0.05, 0.1) is 7.11 Å². The Morgan fingerprint density at radius 3 is 2.94 bits per heavy atom. The van der Waals surface area contributed by atoms with E-state index in [9.17, 15) is 0 Å². The van der Waals surface area contributed by atoms with E-state index in [4.69, 9.17) is 10.5 Å². The number of nitrogens with two attached hydrogens (primary N) is 1. The summed E-state index contributed by atoms with van der Waals surface area (Å²) in [5.41, 5.74) is 7.80. The maximum Gasteiger partial charge on any atom is 0.122 e. The first-order valence-electron chi connectivity index (χ1n) is 5.50. The Morgan fingerprint density at radius 2 is 2.25 bits per heavy atom. The molecule has 1 fully saturated rings. The molecule has 1 atom stereocenters. The zero-order chi connectivity index (χ0) is 11.5. The molecule has 0 bridgehead atoms. The van der Waals surface area contributed by atoms with Gasteiger partial charge in [-0.25, -0.2) is 0 Å². The van der Waals surface area contributed by atoms with Gasteiger partial charge in [-0.1, -0.05) is 6.92 Å². The Labute approximate surface area is 101 Å². The first-order chi connectivity index (χ1) is 7.69. The fraction of sp³-hybridized carbons (Fsp3) is 0.500. The summed E-state index contributed by atoms with van der Waals surface area (Å²) >= 11 is 2.03. The zero-order valence-corrected chi connectivity index (χ0v) is 10.6. The lowest BCUT2D eigenvalue weighted by atomic mass is 10.2. The Balaban J connectivity index is 2.21. The highest BCUT2D eigenvalue weighted by atomic mass is 32.2. The number of nitrogen functional groups attached to an aromatic ring is 1. The van der Waals surface area contributed by atoms with E-state index < -0.39 is 0 Å². The summed E-state index contributed by atoms with van der Waals surface area (Å²) in [4.78, 5) is 2.38. The van der Waals surface area contributed by atoms with Crippen LogP contribution in [0, 0.1) is 0 Å². The molecule has 1 aliphatic heterocycles. The molecule has 1 aliphatic rings. The van der Waals surface area contributed by atoms with Crippen LogP contribution in [-0.2, 0) is 0 Å². The first-order valence-corrected chi connectivity index (χ1v) is 6.55. The molecule has 0 spiro atoms. The molecule has 1 heterocycles. The van der Waals surface area contributed by atoms with Gasteiger partial charge in [0.15, 0.2) is 0 Å². The second-order valence-electron chi connectivity index (χ2n) is 4.09. The SMILES string of the molecule is COc1cc(N)cc(N2CCSC(C)C2)c1. The second kappa shape index (κ2) is 4.87. The van der Waals surface area contributed by atoms with E-state index in [-0.39, 0.29) is 0 Å². The Morgan fingerprint density at radius 1 is 1.44 bits per heavy atom. The molecule has 0 saturated carbocycles. The minimum Gasteiger partial charge on any atom is -0.497 e. The van der Waals surface area contributed by atoms with Gasteiger partial charge in [0.25, 0.3) is 0 Å². The summed E-state index contributed by atoms with van der Waals surface area (Å²) in [7, 11) is 1.67. The van der Waals surface area contributed by atoms with Crippen LogP contribution < -0.4 is 15.4 Å². The highest BCUT2D eigenvalue weighted by Gasteiger charge is 2.17. The van der Waals surface area contributed by atoms with Gasteiger partial charge < -0.3 is 15.4 Å². The molecule has 0 radical (unpaired) electrons. The van der Waals surface area contributed by atoms with Gasteiger partial charge in [-0.3, -0.25) is 0 Å². The number of hydrogen-bond acceptors (Lipinski definition) is 4. The van der Waals surface area contributed by atoms with Crippen LogP contribution in [0.4, 0.5) is 11.4 Å². The minimum absolute atomic E-state index is 0.682. The Hall–Kier alpha value is -1.03. The van der Waals surface area contributed by atoms with Crippen LogP contribution in [-0.4, -0.2) is 31.2 Å². The second-order valence-corrected chi connectivity index (χ2v) is 5.64. The molecule has 1 aromatic rings. The summed E-state index contributed by atoms with van der Waals surface area (Å²) < 4.78 is 5.24. The average Bonchev–Trinajstić information content (AvgIpc) is 2.28. The van der Waals surface area contributed by atoms with E-state index in [1.54, 1.807) is 7.11 Å². The Bertz CT molecular complexity index is 370. The van der Waals surface area contributed by atoms with Crippen LogP contribution in [0.3, 0.4) is 0 Å². The van der Waals surface area contributed by atoms with Gasteiger partial charge in [0.1, 0.15) is 5.75 Å². The largest absolute Gasteiger partial charge is 0.497 e. The predicted octanol–water partition coefficient (Wildman–Crippen LogP) is 2.22. The number of rotatable bonds is 2. The lowest BCUT2D eigenvalue weighted by Crippen LogP contribution is -2.36. The van der Waals surface area contributed by atoms with Gasteiger partial charge in [-0.2, -0.15) is 11.8 Å². The normalized spacial score (nSPS) is 20.9. The van der Waals surface area contributed by atoms with Crippen molar-refractivity contribution >= 4 is 23.1 Å². The molecule has 16 heavy (non-hydrogen) atoms. The molecule has 0 aliphatic carbocycles. The van der Waals surface area contributed by atoms with Crippen molar-refractivity contribution in [1.29, 1.82) is 0 Å². The van der Waals surface area contributed by atoms with Gasteiger partial charge in [-0.05, 0) is 6.07 Å². The minimum atomic E-state index is 0.682. The molecular formula is C12H18N2OS. The van der Waals surface area contributed by atoms with E-state index in [1.165, 1.54) is 11.4 Å². The molecule has 1 saturated heterocycles. The molecule has 2 N–H and O–H groups in total. The van der Waals surface area contributed by atoms with Gasteiger partial charge in [0, 0.05) is 47.6 Å². The molecule has 3 nitrogen and oxygen atoms in total. The van der Waals surface area contributed by atoms with Gasteiger partial charge >= 0.3 is 0 Å².